The second kappa shape index (κ2) is 23.2. The molecule has 80 heavy (non-hydrogen) atoms. The SMILES string of the molecule is COc1ccc(CN2C(=O)CCC(n3c(=O)oc4cc(CN5CCN(CC6CCN(C(=O)c7ccc(C8CCN(Cc9cc%10c(-c%11ccc(NC(=O)OC(C)(C)C)nc%11)ccnc%10n9C)CC8)cc7)CC6)CC5)ccc43)C2=O)cc1. The maximum absolute atomic E-state index is 13.8. The van der Waals surface area contributed by atoms with E-state index in [0.29, 0.717) is 34.5 Å². The Labute approximate surface area is 466 Å². The van der Waals surface area contributed by atoms with Gasteiger partial charge in [-0.25, -0.2) is 19.6 Å². The predicted octanol–water partition coefficient (Wildman–Crippen LogP) is 8.84. The Morgan fingerprint density at radius 1 is 0.738 bits per heavy atom. The molecule has 4 aliphatic heterocycles. The van der Waals surface area contributed by atoms with Crippen LogP contribution in [0.3, 0.4) is 0 Å². The molecule has 1 atom stereocenters. The van der Waals surface area contributed by atoms with E-state index in [0.717, 1.165) is 137 Å². The largest absolute Gasteiger partial charge is 0.497 e. The number of nitrogens with zero attached hydrogens (tertiary/aromatic N) is 9. The minimum Gasteiger partial charge on any atom is -0.497 e. The summed E-state index contributed by atoms with van der Waals surface area (Å²) in [6.45, 7) is 15.4. The fourth-order valence-electron chi connectivity index (χ4n) is 12.1. The molecule has 8 heterocycles. The van der Waals surface area contributed by atoms with E-state index in [1.807, 2.05) is 86.5 Å². The van der Waals surface area contributed by atoms with Crippen LogP contribution >= 0.6 is 0 Å². The number of imide groups is 1. The van der Waals surface area contributed by atoms with E-state index in [4.69, 9.17) is 18.9 Å². The van der Waals surface area contributed by atoms with Crippen LogP contribution in [-0.4, -0.2) is 139 Å². The zero-order chi connectivity index (χ0) is 55.7. The van der Waals surface area contributed by atoms with Crippen LogP contribution in [0.2, 0.25) is 0 Å². The molecule has 1 unspecified atom stereocenters. The molecule has 11 rings (SSSR count). The first-order valence-electron chi connectivity index (χ1n) is 28.2. The summed E-state index contributed by atoms with van der Waals surface area (Å²) in [6.07, 6.45) is 7.55. The molecule has 7 aromatic rings. The van der Waals surface area contributed by atoms with Crippen LogP contribution in [0.5, 0.6) is 5.75 Å². The van der Waals surface area contributed by atoms with Crippen molar-refractivity contribution in [1.82, 2.24) is 43.6 Å². The maximum atomic E-state index is 13.8. The molecule has 3 aromatic carbocycles. The number of oxazole rings is 1. The average Bonchev–Trinajstić information content (AvgIpc) is 3.98. The summed E-state index contributed by atoms with van der Waals surface area (Å²) in [7, 11) is 3.66. The molecule has 4 aromatic heterocycles. The molecule has 0 aliphatic carbocycles. The lowest BCUT2D eigenvalue weighted by Crippen LogP contribution is -2.48. The summed E-state index contributed by atoms with van der Waals surface area (Å²) in [5.74, 6) is 0.960. The lowest BCUT2D eigenvalue weighted by atomic mass is 9.88. The third kappa shape index (κ3) is 12.1. The minimum absolute atomic E-state index is 0.120. The molecule has 4 amide bonds. The highest BCUT2D eigenvalue weighted by molar-refractivity contribution is 6.00. The van der Waals surface area contributed by atoms with Gasteiger partial charge in [0.05, 0.1) is 19.2 Å². The number of pyridine rings is 2. The highest BCUT2D eigenvalue weighted by Gasteiger charge is 2.38. The second-order valence-electron chi connectivity index (χ2n) is 23.1. The number of carbonyl (C=O) groups excluding carboxylic acids is 4. The number of carbonyl (C=O) groups is 4. The number of piperazine rings is 1. The van der Waals surface area contributed by atoms with E-state index < -0.39 is 29.4 Å². The van der Waals surface area contributed by atoms with Gasteiger partial charge in [-0.3, -0.25) is 39.0 Å². The van der Waals surface area contributed by atoms with Crippen molar-refractivity contribution >= 4 is 51.8 Å². The molecule has 18 nitrogen and oxygen atoms in total. The summed E-state index contributed by atoms with van der Waals surface area (Å²) in [4.78, 5) is 86.0. The summed E-state index contributed by atoms with van der Waals surface area (Å²) >= 11 is 0. The third-order valence-electron chi connectivity index (χ3n) is 16.6. The number of methoxy groups -OCH3 is 1. The monoisotopic (exact) mass is 1080 g/mol. The first kappa shape index (κ1) is 54.3. The van der Waals surface area contributed by atoms with Gasteiger partial charge in [-0.1, -0.05) is 30.3 Å². The van der Waals surface area contributed by atoms with Crippen LogP contribution in [0, 0.1) is 5.92 Å². The Bertz CT molecular complexity index is 3430. The van der Waals surface area contributed by atoms with Gasteiger partial charge in [0, 0.05) is 107 Å². The Kier molecular flexibility index (Phi) is 15.7. The van der Waals surface area contributed by atoms with Gasteiger partial charge >= 0.3 is 11.8 Å². The lowest BCUT2D eigenvalue weighted by molar-refractivity contribution is -0.151. The van der Waals surface area contributed by atoms with E-state index in [2.05, 4.69) is 54.8 Å². The Hall–Kier alpha value is -7.67. The zero-order valence-electron chi connectivity index (χ0n) is 46.6. The molecular weight excluding hydrogens is 1010 g/mol. The van der Waals surface area contributed by atoms with E-state index in [1.165, 1.54) is 20.7 Å². The number of anilines is 1. The van der Waals surface area contributed by atoms with Crippen molar-refractivity contribution in [3.05, 3.63) is 142 Å². The molecule has 418 valence electrons. The van der Waals surface area contributed by atoms with Crippen LogP contribution in [0.4, 0.5) is 10.6 Å². The number of aryl methyl sites for hydroxylation is 1. The number of benzene rings is 3. The third-order valence-corrected chi connectivity index (χ3v) is 16.6. The van der Waals surface area contributed by atoms with Crippen LogP contribution < -0.4 is 15.8 Å². The van der Waals surface area contributed by atoms with Gasteiger partial charge in [0.25, 0.3) is 11.8 Å². The number of nitrogens with one attached hydrogen (secondary N) is 1. The van der Waals surface area contributed by atoms with Crippen molar-refractivity contribution in [3.63, 3.8) is 0 Å². The number of hydrogen-bond acceptors (Lipinski definition) is 13. The quantitative estimate of drug-likeness (QED) is 0.102. The molecule has 1 N–H and O–H groups in total. The standard InChI is InChI=1S/C62H72N10O8/c1-62(2,3)80-60(76)65-55-18-13-47(36-64-55)50-20-25-63-57-51(50)35-48(66(57)4)40-67-26-23-45(24-27-67)44-9-11-46(12-10-44)58(74)70-28-21-42(22-29-70)37-68-30-32-69(33-31-68)38-43-8-16-52-54(34-43)79-61(77)72(52)53-17-19-56(73)71(59(53)75)39-41-6-14-49(78-5)15-7-41/h6-16,18,20,25,34-36,42,45,53H,17,19,21-24,26-33,37-40H2,1-5H3,(H,64,65,76). The van der Waals surface area contributed by atoms with Gasteiger partial charge in [0.1, 0.15) is 28.9 Å². The highest BCUT2D eigenvalue weighted by Crippen LogP contribution is 2.34. The Morgan fingerprint density at radius 2 is 1.45 bits per heavy atom. The molecule has 0 bridgehead atoms. The fourth-order valence-corrected chi connectivity index (χ4v) is 12.1. The number of rotatable bonds is 14. The number of fused-ring (bicyclic) bond motifs is 2. The summed E-state index contributed by atoms with van der Waals surface area (Å²) in [6, 6.07) is 28.6. The molecule has 0 radical (unpaired) electrons. The van der Waals surface area contributed by atoms with Crippen molar-refractivity contribution < 1.29 is 33.1 Å². The number of amides is 4. The Morgan fingerprint density at radius 3 is 2.15 bits per heavy atom. The summed E-state index contributed by atoms with van der Waals surface area (Å²) in [5.41, 5.74) is 8.36. The van der Waals surface area contributed by atoms with Crippen molar-refractivity contribution in [1.29, 1.82) is 0 Å². The van der Waals surface area contributed by atoms with Crippen molar-refractivity contribution in [2.75, 3.05) is 71.3 Å². The Balaban J connectivity index is 0.608. The number of likely N-dealkylation sites (tertiary alicyclic amines) is 3. The molecule has 18 heteroatoms. The summed E-state index contributed by atoms with van der Waals surface area (Å²) in [5, 5.41) is 3.77. The van der Waals surface area contributed by atoms with Crippen molar-refractivity contribution in [2.45, 2.75) is 96.5 Å². The van der Waals surface area contributed by atoms with E-state index in [-0.39, 0.29) is 31.2 Å². The van der Waals surface area contributed by atoms with Gasteiger partial charge in [-0.15, -0.1) is 0 Å². The number of aromatic nitrogens is 4. The van der Waals surface area contributed by atoms with Gasteiger partial charge < -0.3 is 28.3 Å². The van der Waals surface area contributed by atoms with Crippen molar-refractivity contribution in [3.8, 4) is 16.9 Å². The van der Waals surface area contributed by atoms with Gasteiger partial charge in [-0.05, 0) is 161 Å². The predicted molar refractivity (Wildman–Crippen MR) is 305 cm³/mol. The highest BCUT2D eigenvalue weighted by atomic mass is 16.6. The normalized spacial score (nSPS) is 18.6. The topological polar surface area (TPSA) is 181 Å². The number of hydrogen-bond donors (Lipinski definition) is 1. The van der Waals surface area contributed by atoms with Crippen LogP contribution in [0.1, 0.15) is 104 Å². The maximum Gasteiger partial charge on any atom is 0.420 e. The molecule has 4 aliphatic rings. The minimum atomic E-state index is -0.827. The van der Waals surface area contributed by atoms with Gasteiger partial charge in [0.15, 0.2) is 5.58 Å². The molecule has 0 saturated carbocycles. The van der Waals surface area contributed by atoms with E-state index in [1.54, 1.807) is 31.5 Å². The number of ether oxygens (including phenoxy) is 2. The molecule has 4 saturated heterocycles. The van der Waals surface area contributed by atoms with E-state index in [9.17, 15) is 24.0 Å². The first-order chi connectivity index (χ1) is 38.6. The van der Waals surface area contributed by atoms with Gasteiger partial charge in [0.2, 0.25) is 5.91 Å². The molecule has 0 spiro atoms. The zero-order valence-corrected chi connectivity index (χ0v) is 46.6. The van der Waals surface area contributed by atoms with Crippen LogP contribution in [-0.2, 0) is 41.0 Å². The number of piperidine rings is 3. The second-order valence-corrected chi connectivity index (χ2v) is 23.1. The van der Waals surface area contributed by atoms with Crippen LogP contribution in [0.15, 0.2) is 113 Å². The molecular formula is C62H72N10O8. The first-order valence-corrected chi connectivity index (χ1v) is 28.2. The molecule has 4 fully saturated rings. The van der Waals surface area contributed by atoms with E-state index >= 15 is 0 Å². The average molecular weight is 1090 g/mol. The fraction of sp³-hybridized carbons (Fsp3) is 0.435. The van der Waals surface area contributed by atoms with Crippen LogP contribution in [0.25, 0.3) is 33.3 Å². The van der Waals surface area contributed by atoms with Gasteiger partial charge in [-0.2, -0.15) is 0 Å². The van der Waals surface area contributed by atoms with Crippen molar-refractivity contribution in [2.24, 2.45) is 13.0 Å². The lowest BCUT2D eigenvalue weighted by Gasteiger charge is -2.39. The summed E-state index contributed by atoms with van der Waals surface area (Å²) < 4.78 is 20.0. The smallest absolute Gasteiger partial charge is 0.420 e.